The van der Waals surface area contributed by atoms with Crippen molar-refractivity contribution in [1.82, 2.24) is 0 Å². The molecule has 0 fully saturated rings. The number of rotatable bonds is 3. The molecule has 0 radical (unpaired) electrons. The SMILES string of the molecule is C=CS(=O)(=O)O.CC(=CC(=O)O)C(=O)O. The summed E-state index contributed by atoms with van der Waals surface area (Å²) in [5.74, 6) is -2.45. The molecule has 3 N–H and O–H groups in total. The predicted octanol–water partition coefficient (Wildman–Crippen LogP) is 0.120. The molecule has 0 aromatic rings. The van der Waals surface area contributed by atoms with Crippen LogP contribution in [-0.2, 0) is 19.7 Å². The van der Waals surface area contributed by atoms with Gasteiger partial charge in [0.15, 0.2) is 0 Å². The zero-order chi connectivity index (χ0) is 12.6. The van der Waals surface area contributed by atoms with Gasteiger partial charge in [0.25, 0.3) is 10.1 Å². The van der Waals surface area contributed by atoms with Gasteiger partial charge in [0.2, 0.25) is 0 Å². The lowest BCUT2D eigenvalue weighted by Crippen LogP contribution is -1.99. The van der Waals surface area contributed by atoms with Crippen molar-refractivity contribution >= 4 is 22.1 Å². The fraction of sp³-hybridized carbons (Fsp3) is 0.143. The Kier molecular flexibility index (Phi) is 7.09. The van der Waals surface area contributed by atoms with E-state index in [9.17, 15) is 18.0 Å². The average Bonchev–Trinajstić information content (AvgIpc) is 2.02. The van der Waals surface area contributed by atoms with Crippen LogP contribution in [0, 0.1) is 0 Å². The lowest BCUT2D eigenvalue weighted by atomic mass is 10.3. The molecular weight excluding hydrogens is 228 g/mol. The Morgan fingerprint density at radius 2 is 1.60 bits per heavy atom. The van der Waals surface area contributed by atoms with E-state index in [0.29, 0.717) is 11.5 Å². The molecule has 0 bridgehead atoms. The van der Waals surface area contributed by atoms with Gasteiger partial charge in [0, 0.05) is 11.6 Å². The van der Waals surface area contributed by atoms with Crippen LogP contribution >= 0.6 is 0 Å². The third kappa shape index (κ3) is 15.1. The first-order chi connectivity index (χ1) is 6.60. The molecule has 15 heavy (non-hydrogen) atoms. The molecule has 7 nitrogen and oxygen atoms in total. The molecule has 0 aliphatic rings. The topological polar surface area (TPSA) is 129 Å². The minimum absolute atomic E-state index is 0.178. The van der Waals surface area contributed by atoms with Crippen molar-refractivity contribution in [2.24, 2.45) is 0 Å². The quantitative estimate of drug-likeness (QED) is 0.470. The predicted molar refractivity (Wildman–Crippen MR) is 50.8 cm³/mol. The van der Waals surface area contributed by atoms with E-state index in [-0.39, 0.29) is 5.57 Å². The van der Waals surface area contributed by atoms with Crippen molar-refractivity contribution in [2.45, 2.75) is 6.92 Å². The van der Waals surface area contributed by atoms with Crippen LogP contribution in [0.25, 0.3) is 0 Å². The van der Waals surface area contributed by atoms with E-state index in [1.807, 2.05) is 0 Å². The van der Waals surface area contributed by atoms with Crippen LogP contribution < -0.4 is 0 Å². The van der Waals surface area contributed by atoms with Crippen LogP contribution in [0.2, 0.25) is 0 Å². The normalized spacial score (nSPS) is 10.9. The summed E-state index contributed by atoms with van der Waals surface area (Å²) in [6, 6.07) is 0. The van der Waals surface area contributed by atoms with Crippen molar-refractivity contribution in [1.29, 1.82) is 0 Å². The number of aliphatic carboxylic acids is 2. The summed E-state index contributed by atoms with van der Waals surface area (Å²) < 4.78 is 26.6. The molecular formula is C7H10O7S. The Morgan fingerprint density at radius 3 is 1.67 bits per heavy atom. The highest BCUT2D eigenvalue weighted by Crippen LogP contribution is 1.89. The standard InChI is InChI=1S/C5H6O4.C2H4O3S/c1-3(5(8)9)2-4(6)7;1-2-6(3,4)5/h2H,1H3,(H,6,7)(H,8,9);2H,1H2,(H,3,4,5). The summed E-state index contributed by atoms with van der Waals surface area (Å²) in [7, 11) is -3.90. The van der Waals surface area contributed by atoms with Gasteiger partial charge in [-0.15, -0.1) is 0 Å². The molecule has 86 valence electrons. The maximum atomic E-state index is 9.90. The van der Waals surface area contributed by atoms with Crippen LogP contribution in [0.4, 0.5) is 0 Å². The molecule has 0 saturated heterocycles. The Labute approximate surface area is 86.1 Å². The number of hydrogen-bond acceptors (Lipinski definition) is 4. The highest BCUT2D eigenvalue weighted by molar-refractivity contribution is 7.88. The van der Waals surface area contributed by atoms with E-state index in [0.717, 1.165) is 0 Å². The molecule has 0 unspecified atom stereocenters. The maximum absolute atomic E-state index is 9.90. The molecule has 0 aromatic carbocycles. The van der Waals surface area contributed by atoms with Crippen LogP contribution in [0.5, 0.6) is 0 Å². The highest BCUT2D eigenvalue weighted by Gasteiger charge is 2.00. The first-order valence-electron chi connectivity index (χ1n) is 3.34. The van der Waals surface area contributed by atoms with Gasteiger partial charge in [-0.05, 0) is 6.92 Å². The van der Waals surface area contributed by atoms with E-state index in [4.69, 9.17) is 14.8 Å². The molecule has 0 saturated carbocycles. The minimum atomic E-state index is -3.90. The molecule has 0 aliphatic carbocycles. The maximum Gasteiger partial charge on any atom is 0.331 e. The van der Waals surface area contributed by atoms with Gasteiger partial charge in [0.1, 0.15) is 0 Å². The first kappa shape index (κ1) is 15.8. The molecule has 0 aromatic heterocycles. The second-order valence-corrected chi connectivity index (χ2v) is 3.52. The molecule has 0 rings (SSSR count). The summed E-state index contributed by atoms with van der Waals surface area (Å²) in [5.41, 5.74) is -0.178. The second-order valence-electron chi connectivity index (χ2n) is 2.15. The second kappa shape index (κ2) is 6.74. The summed E-state index contributed by atoms with van der Waals surface area (Å²) >= 11 is 0. The van der Waals surface area contributed by atoms with E-state index >= 15 is 0 Å². The van der Waals surface area contributed by atoms with Crippen molar-refractivity contribution in [2.75, 3.05) is 0 Å². The Hall–Kier alpha value is -1.67. The fourth-order valence-corrected chi connectivity index (χ4v) is 0.247. The lowest BCUT2D eigenvalue weighted by Gasteiger charge is -1.86. The lowest BCUT2D eigenvalue weighted by molar-refractivity contribution is -0.135. The third-order valence-corrected chi connectivity index (χ3v) is 1.31. The number of hydrogen-bond donors (Lipinski definition) is 3. The fourth-order valence-electron chi connectivity index (χ4n) is 0.247. The third-order valence-electron chi connectivity index (χ3n) is 0.888. The summed E-state index contributed by atoms with van der Waals surface area (Å²) in [6.45, 7) is 4.01. The van der Waals surface area contributed by atoms with Gasteiger partial charge in [0.05, 0.1) is 5.41 Å². The van der Waals surface area contributed by atoms with Gasteiger partial charge < -0.3 is 10.2 Å². The number of carboxylic acid groups (broad SMARTS) is 2. The van der Waals surface area contributed by atoms with Crippen molar-refractivity contribution < 1.29 is 32.8 Å². The summed E-state index contributed by atoms with van der Waals surface area (Å²) in [4.78, 5) is 19.7. The van der Waals surface area contributed by atoms with Gasteiger partial charge >= 0.3 is 11.9 Å². The Morgan fingerprint density at radius 1 is 1.27 bits per heavy atom. The van der Waals surface area contributed by atoms with Crippen molar-refractivity contribution in [3.63, 3.8) is 0 Å². The Balaban J connectivity index is 0. The van der Waals surface area contributed by atoms with Crippen LogP contribution in [0.15, 0.2) is 23.6 Å². The average molecular weight is 238 g/mol. The Bertz CT molecular complexity index is 365. The summed E-state index contributed by atoms with van der Waals surface area (Å²) in [5, 5.41) is 16.6. The largest absolute Gasteiger partial charge is 0.478 e. The molecule has 8 heteroatoms. The van der Waals surface area contributed by atoms with Gasteiger partial charge in [-0.2, -0.15) is 8.42 Å². The van der Waals surface area contributed by atoms with Crippen molar-refractivity contribution in [3.05, 3.63) is 23.6 Å². The molecule has 0 atom stereocenters. The van der Waals surface area contributed by atoms with Crippen LogP contribution in [0.3, 0.4) is 0 Å². The van der Waals surface area contributed by atoms with E-state index in [1.165, 1.54) is 6.92 Å². The molecule has 0 spiro atoms. The van der Waals surface area contributed by atoms with Crippen LogP contribution in [-0.4, -0.2) is 35.1 Å². The molecule has 0 heterocycles. The smallest absolute Gasteiger partial charge is 0.331 e. The van der Waals surface area contributed by atoms with E-state index in [2.05, 4.69) is 6.58 Å². The molecule has 0 aliphatic heterocycles. The highest BCUT2D eigenvalue weighted by atomic mass is 32.2. The zero-order valence-corrected chi connectivity index (χ0v) is 8.56. The van der Waals surface area contributed by atoms with Crippen LogP contribution in [0.1, 0.15) is 6.92 Å². The van der Waals surface area contributed by atoms with Gasteiger partial charge in [-0.3, -0.25) is 4.55 Å². The monoisotopic (exact) mass is 238 g/mol. The number of carboxylic acids is 2. The first-order valence-corrected chi connectivity index (χ1v) is 4.85. The number of carbonyl (C=O) groups is 2. The summed E-state index contributed by atoms with van der Waals surface area (Å²) in [6.07, 6.45) is 0.641. The minimum Gasteiger partial charge on any atom is -0.478 e. The zero-order valence-electron chi connectivity index (χ0n) is 7.74. The van der Waals surface area contributed by atoms with Gasteiger partial charge in [-0.25, -0.2) is 9.59 Å². The molecule has 0 amide bonds. The van der Waals surface area contributed by atoms with E-state index in [1.54, 1.807) is 0 Å². The van der Waals surface area contributed by atoms with E-state index < -0.39 is 22.1 Å². The van der Waals surface area contributed by atoms with Crippen molar-refractivity contribution in [3.8, 4) is 0 Å². The van der Waals surface area contributed by atoms with Gasteiger partial charge in [-0.1, -0.05) is 6.58 Å².